The minimum Gasteiger partial charge on any atom is -0.389 e. The van der Waals surface area contributed by atoms with Crippen molar-refractivity contribution >= 4 is 11.6 Å². The van der Waals surface area contributed by atoms with Crippen LogP contribution in [-0.2, 0) is 10.8 Å². The standard InChI is InChI=1S/C25H32O/c1-7-25(26)17-23(3,4)21-14-13-20(16-22(21)24(25,5)6)18(2)15-19-11-9-8-10-12-19/h8-16,26H,7,17H2,1-6H3. The molecule has 0 aromatic heterocycles. The molecule has 0 radical (unpaired) electrons. The van der Waals surface area contributed by atoms with E-state index in [1.807, 2.05) is 6.07 Å². The predicted molar refractivity (Wildman–Crippen MR) is 112 cm³/mol. The molecule has 0 saturated carbocycles. The Hall–Kier alpha value is -1.86. The molecule has 1 N–H and O–H groups in total. The average molecular weight is 349 g/mol. The van der Waals surface area contributed by atoms with Crippen LogP contribution in [0.1, 0.15) is 76.6 Å². The van der Waals surface area contributed by atoms with Crippen LogP contribution in [0.4, 0.5) is 0 Å². The Morgan fingerprint density at radius 3 is 2.27 bits per heavy atom. The number of hydrogen-bond acceptors (Lipinski definition) is 1. The summed E-state index contributed by atoms with van der Waals surface area (Å²) >= 11 is 0. The van der Waals surface area contributed by atoms with E-state index in [0.717, 1.165) is 12.8 Å². The van der Waals surface area contributed by atoms with Gasteiger partial charge >= 0.3 is 0 Å². The highest BCUT2D eigenvalue weighted by atomic mass is 16.3. The zero-order chi connectivity index (χ0) is 19.2. The van der Waals surface area contributed by atoms with E-state index in [0.29, 0.717) is 0 Å². The lowest BCUT2D eigenvalue weighted by Gasteiger charge is -2.53. The third-order valence-electron chi connectivity index (χ3n) is 6.54. The van der Waals surface area contributed by atoms with Gasteiger partial charge in [0, 0.05) is 5.41 Å². The predicted octanol–water partition coefficient (Wildman–Crippen LogP) is 6.35. The van der Waals surface area contributed by atoms with Crippen LogP contribution in [0.2, 0.25) is 0 Å². The van der Waals surface area contributed by atoms with Gasteiger partial charge < -0.3 is 5.11 Å². The smallest absolute Gasteiger partial charge is 0.0744 e. The molecular weight excluding hydrogens is 316 g/mol. The molecule has 0 fully saturated rings. The van der Waals surface area contributed by atoms with Gasteiger partial charge in [-0.15, -0.1) is 0 Å². The summed E-state index contributed by atoms with van der Waals surface area (Å²) in [6.07, 6.45) is 3.80. The van der Waals surface area contributed by atoms with Gasteiger partial charge in [0.15, 0.2) is 0 Å². The van der Waals surface area contributed by atoms with Crippen molar-refractivity contribution in [3.05, 3.63) is 70.8 Å². The molecule has 1 heteroatoms. The molecule has 1 unspecified atom stereocenters. The highest BCUT2D eigenvalue weighted by molar-refractivity contribution is 5.80. The lowest BCUT2D eigenvalue weighted by molar-refractivity contribution is -0.0613. The van der Waals surface area contributed by atoms with Gasteiger partial charge in [-0.3, -0.25) is 0 Å². The molecule has 1 aliphatic rings. The van der Waals surface area contributed by atoms with Crippen LogP contribution >= 0.6 is 0 Å². The van der Waals surface area contributed by atoms with Gasteiger partial charge in [-0.25, -0.2) is 0 Å². The Kier molecular flexibility index (Phi) is 4.65. The quantitative estimate of drug-likeness (QED) is 0.641. The van der Waals surface area contributed by atoms with Crippen molar-refractivity contribution < 1.29 is 5.11 Å². The van der Waals surface area contributed by atoms with E-state index < -0.39 is 5.60 Å². The molecule has 26 heavy (non-hydrogen) atoms. The first-order chi connectivity index (χ1) is 12.1. The molecule has 0 bridgehead atoms. The summed E-state index contributed by atoms with van der Waals surface area (Å²) in [6, 6.07) is 17.3. The van der Waals surface area contributed by atoms with Crippen LogP contribution in [0.25, 0.3) is 11.6 Å². The first-order valence-corrected chi connectivity index (χ1v) is 9.72. The van der Waals surface area contributed by atoms with E-state index in [1.54, 1.807) is 0 Å². The van der Waals surface area contributed by atoms with E-state index in [1.165, 1.54) is 27.8 Å². The van der Waals surface area contributed by atoms with E-state index in [2.05, 4.69) is 90.1 Å². The highest BCUT2D eigenvalue weighted by Crippen LogP contribution is 2.53. The van der Waals surface area contributed by atoms with Crippen molar-refractivity contribution in [2.24, 2.45) is 0 Å². The second-order valence-electron chi connectivity index (χ2n) is 9.07. The molecule has 2 aromatic carbocycles. The SMILES string of the molecule is CCC1(O)CC(C)(C)c2ccc(C(C)=Cc3ccccc3)cc2C1(C)C. The van der Waals surface area contributed by atoms with E-state index in [4.69, 9.17) is 0 Å². The van der Waals surface area contributed by atoms with Crippen LogP contribution in [-0.4, -0.2) is 10.7 Å². The molecule has 1 nitrogen and oxygen atoms in total. The van der Waals surface area contributed by atoms with Crippen LogP contribution < -0.4 is 0 Å². The third-order valence-corrected chi connectivity index (χ3v) is 6.54. The summed E-state index contributed by atoms with van der Waals surface area (Å²) in [6.45, 7) is 13.2. The van der Waals surface area contributed by atoms with E-state index in [-0.39, 0.29) is 10.8 Å². The highest BCUT2D eigenvalue weighted by Gasteiger charge is 2.52. The van der Waals surface area contributed by atoms with Crippen molar-refractivity contribution in [3.8, 4) is 0 Å². The summed E-state index contributed by atoms with van der Waals surface area (Å²) in [5, 5.41) is 11.4. The molecular formula is C25H32O. The summed E-state index contributed by atoms with van der Waals surface area (Å²) in [4.78, 5) is 0. The number of fused-ring (bicyclic) bond motifs is 1. The van der Waals surface area contributed by atoms with Crippen molar-refractivity contribution in [2.75, 3.05) is 0 Å². The van der Waals surface area contributed by atoms with Gasteiger partial charge in [0.05, 0.1) is 5.60 Å². The number of allylic oxidation sites excluding steroid dienone is 1. The van der Waals surface area contributed by atoms with Crippen LogP contribution in [0.3, 0.4) is 0 Å². The topological polar surface area (TPSA) is 20.2 Å². The minimum atomic E-state index is -0.681. The second-order valence-corrected chi connectivity index (χ2v) is 9.07. The molecule has 138 valence electrons. The Balaban J connectivity index is 2.12. The molecule has 0 aliphatic heterocycles. The fourth-order valence-corrected chi connectivity index (χ4v) is 4.64. The fourth-order valence-electron chi connectivity index (χ4n) is 4.64. The third kappa shape index (κ3) is 3.03. The molecule has 0 spiro atoms. The molecule has 0 heterocycles. The minimum absolute atomic E-state index is 0.0226. The number of hydrogen-bond donors (Lipinski definition) is 1. The Morgan fingerprint density at radius 2 is 1.65 bits per heavy atom. The van der Waals surface area contributed by atoms with Gasteiger partial charge in [-0.1, -0.05) is 89.2 Å². The lowest BCUT2D eigenvalue weighted by Crippen LogP contribution is -2.55. The van der Waals surface area contributed by atoms with Gasteiger partial charge in [0.1, 0.15) is 0 Å². The molecule has 0 saturated heterocycles. The van der Waals surface area contributed by atoms with Crippen LogP contribution in [0, 0.1) is 0 Å². The second kappa shape index (κ2) is 6.39. The van der Waals surface area contributed by atoms with E-state index in [9.17, 15) is 5.11 Å². The molecule has 1 atom stereocenters. The maximum Gasteiger partial charge on any atom is 0.0744 e. The van der Waals surface area contributed by atoms with Gasteiger partial charge in [0.2, 0.25) is 0 Å². The first-order valence-electron chi connectivity index (χ1n) is 9.72. The van der Waals surface area contributed by atoms with Gasteiger partial charge in [0.25, 0.3) is 0 Å². The van der Waals surface area contributed by atoms with Crippen molar-refractivity contribution in [1.29, 1.82) is 0 Å². The van der Waals surface area contributed by atoms with Gasteiger partial charge in [-0.05, 0) is 53.0 Å². The normalized spacial score (nSPS) is 24.2. The average Bonchev–Trinajstić information content (AvgIpc) is 2.60. The fraction of sp³-hybridized carbons (Fsp3) is 0.440. The number of rotatable bonds is 3. The van der Waals surface area contributed by atoms with Crippen LogP contribution in [0.15, 0.2) is 48.5 Å². The summed E-state index contributed by atoms with van der Waals surface area (Å²) < 4.78 is 0. The molecule has 1 aliphatic carbocycles. The molecule has 2 aromatic rings. The van der Waals surface area contributed by atoms with Crippen molar-refractivity contribution in [1.82, 2.24) is 0 Å². The monoisotopic (exact) mass is 348 g/mol. The Labute approximate surface area is 158 Å². The van der Waals surface area contributed by atoms with Crippen LogP contribution in [0.5, 0.6) is 0 Å². The maximum atomic E-state index is 11.4. The number of benzene rings is 2. The Morgan fingerprint density at radius 1 is 1.00 bits per heavy atom. The molecule has 3 rings (SSSR count). The zero-order valence-electron chi connectivity index (χ0n) is 17.1. The summed E-state index contributed by atoms with van der Waals surface area (Å²) in [5.41, 5.74) is 5.38. The zero-order valence-corrected chi connectivity index (χ0v) is 17.1. The molecule has 0 amide bonds. The Bertz CT molecular complexity index is 826. The number of aliphatic hydroxyl groups is 1. The van der Waals surface area contributed by atoms with Crippen molar-refractivity contribution in [2.45, 2.75) is 70.8 Å². The first kappa shape index (κ1) is 18.9. The largest absolute Gasteiger partial charge is 0.389 e. The van der Waals surface area contributed by atoms with Gasteiger partial charge in [-0.2, -0.15) is 0 Å². The summed E-state index contributed by atoms with van der Waals surface area (Å²) in [5.74, 6) is 0. The lowest BCUT2D eigenvalue weighted by atomic mass is 9.54. The van der Waals surface area contributed by atoms with E-state index >= 15 is 0 Å². The summed E-state index contributed by atoms with van der Waals surface area (Å²) in [7, 11) is 0. The van der Waals surface area contributed by atoms with Crippen molar-refractivity contribution in [3.63, 3.8) is 0 Å². The maximum absolute atomic E-state index is 11.4.